The van der Waals surface area contributed by atoms with Crippen molar-refractivity contribution in [2.24, 2.45) is 0 Å². The Balaban J connectivity index is 2.12. The summed E-state index contributed by atoms with van der Waals surface area (Å²) in [6.45, 7) is -0.233. The van der Waals surface area contributed by atoms with Crippen molar-refractivity contribution in [3.63, 3.8) is 0 Å². The van der Waals surface area contributed by atoms with Crippen LogP contribution in [0, 0.1) is 0 Å². The zero-order valence-electron chi connectivity index (χ0n) is 10.5. The van der Waals surface area contributed by atoms with Gasteiger partial charge < -0.3 is 5.11 Å². The van der Waals surface area contributed by atoms with Gasteiger partial charge in [-0.05, 0) is 30.0 Å². The van der Waals surface area contributed by atoms with Crippen molar-refractivity contribution < 1.29 is 18.3 Å². The predicted molar refractivity (Wildman–Crippen MR) is 70.3 cm³/mol. The summed E-state index contributed by atoms with van der Waals surface area (Å²) in [6, 6.07) is 6.60. The lowest BCUT2D eigenvalue weighted by molar-refractivity contribution is -0.117. The number of rotatable bonds is 5. The molecular formula is C13H17NO4S. The van der Waals surface area contributed by atoms with E-state index in [2.05, 4.69) is 4.72 Å². The fourth-order valence-corrected chi connectivity index (χ4v) is 3.30. The molecule has 0 unspecified atom stereocenters. The van der Waals surface area contributed by atoms with Gasteiger partial charge in [-0.2, -0.15) is 0 Å². The predicted octanol–water partition coefficient (Wildman–Crippen LogP) is 0.794. The summed E-state index contributed by atoms with van der Waals surface area (Å²) < 4.78 is 25.9. The Kier molecular flexibility index (Phi) is 4.34. The lowest BCUT2D eigenvalue weighted by Gasteiger charge is -2.10. The molecule has 1 aromatic rings. The highest BCUT2D eigenvalue weighted by molar-refractivity contribution is 7.89. The van der Waals surface area contributed by atoms with E-state index >= 15 is 0 Å². The van der Waals surface area contributed by atoms with Crippen molar-refractivity contribution in [1.82, 2.24) is 4.72 Å². The molecule has 2 N–H and O–H groups in total. The van der Waals surface area contributed by atoms with Gasteiger partial charge in [0.05, 0.1) is 11.5 Å². The van der Waals surface area contributed by atoms with Crippen LogP contribution in [0.2, 0.25) is 0 Å². The number of benzene rings is 1. The second kappa shape index (κ2) is 5.81. The van der Waals surface area contributed by atoms with Crippen molar-refractivity contribution in [2.75, 3.05) is 13.2 Å². The number of hydrogen-bond donors (Lipinski definition) is 2. The molecule has 1 saturated carbocycles. The van der Waals surface area contributed by atoms with E-state index in [9.17, 15) is 13.2 Å². The number of nitrogens with one attached hydrogen (secondary N) is 1. The zero-order valence-corrected chi connectivity index (χ0v) is 11.3. The van der Waals surface area contributed by atoms with Crippen molar-refractivity contribution in [2.45, 2.75) is 30.1 Å². The van der Waals surface area contributed by atoms with E-state index in [0.29, 0.717) is 12.8 Å². The zero-order chi connectivity index (χ0) is 13.9. The fourth-order valence-electron chi connectivity index (χ4n) is 2.28. The third-order valence-electron chi connectivity index (χ3n) is 3.31. The number of carbonyl (C=O) groups excluding carboxylic acids is 1. The first-order valence-corrected chi connectivity index (χ1v) is 7.73. The van der Waals surface area contributed by atoms with Crippen molar-refractivity contribution in [1.29, 1.82) is 0 Å². The Bertz CT molecular complexity index is 551. The van der Waals surface area contributed by atoms with Crippen LogP contribution in [0.5, 0.6) is 0 Å². The van der Waals surface area contributed by atoms with Crippen molar-refractivity contribution in [3.8, 4) is 0 Å². The van der Waals surface area contributed by atoms with Crippen LogP contribution in [0.15, 0.2) is 29.2 Å². The number of sulfonamides is 1. The van der Waals surface area contributed by atoms with E-state index in [1.54, 1.807) is 12.1 Å². The molecule has 19 heavy (non-hydrogen) atoms. The average Bonchev–Trinajstić information content (AvgIpc) is 2.83. The number of Topliss-reactive ketones (excluding diaryl/α,β-unsaturated/α-hetero) is 1. The van der Waals surface area contributed by atoms with E-state index in [4.69, 9.17) is 5.11 Å². The molecule has 0 spiro atoms. The lowest BCUT2D eigenvalue weighted by Crippen LogP contribution is -2.26. The van der Waals surface area contributed by atoms with Gasteiger partial charge in [-0.3, -0.25) is 4.79 Å². The molecule has 0 aromatic heterocycles. The topological polar surface area (TPSA) is 83.5 Å². The Hall–Kier alpha value is -1.24. The van der Waals surface area contributed by atoms with Crippen LogP contribution >= 0.6 is 0 Å². The van der Waals surface area contributed by atoms with Gasteiger partial charge in [0.15, 0.2) is 0 Å². The summed E-state index contributed by atoms with van der Waals surface area (Å²) in [5, 5.41) is 8.63. The minimum atomic E-state index is -3.55. The minimum absolute atomic E-state index is 0.00120. The van der Waals surface area contributed by atoms with E-state index in [-0.39, 0.29) is 29.7 Å². The molecule has 1 fully saturated rings. The standard InChI is InChI=1S/C13H17NO4S/c15-8-7-14-19(17,18)13-5-2-10(3-6-13)11-1-4-12(16)9-11/h2-3,5-6,11,14-15H,1,4,7-9H2/t11-/m0/s1. The molecule has 104 valence electrons. The van der Waals surface area contributed by atoms with E-state index in [0.717, 1.165) is 12.0 Å². The molecule has 1 aliphatic carbocycles. The molecule has 1 aromatic carbocycles. The number of aliphatic hydroxyl groups is 1. The van der Waals surface area contributed by atoms with Crippen LogP contribution in [0.25, 0.3) is 0 Å². The number of aliphatic hydroxyl groups excluding tert-OH is 1. The van der Waals surface area contributed by atoms with E-state index in [1.165, 1.54) is 12.1 Å². The number of ketones is 1. The summed E-state index contributed by atoms with van der Waals surface area (Å²) in [5.74, 6) is 0.487. The second-order valence-corrected chi connectivity index (χ2v) is 6.44. The van der Waals surface area contributed by atoms with Gasteiger partial charge in [-0.25, -0.2) is 13.1 Å². The van der Waals surface area contributed by atoms with Crippen molar-refractivity contribution >= 4 is 15.8 Å². The van der Waals surface area contributed by atoms with Crippen LogP contribution in [-0.4, -0.2) is 32.5 Å². The van der Waals surface area contributed by atoms with Crippen molar-refractivity contribution in [3.05, 3.63) is 29.8 Å². The molecule has 0 amide bonds. The summed E-state index contributed by atoms with van der Waals surface area (Å²) in [5.41, 5.74) is 1.01. The maximum Gasteiger partial charge on any atom is 0.240 e. The highest BCUT2D eigenvalue weighted by Crippen LogP contribution is 2.32. The summed E-state index contributed by atoms with van der Waals surface area (Å²) in [6.07, 6.45) is 2.01. The van der Waals surface area contributed by atoms with Gasteiger partial charge in [0.1, 0.15) is 5.78 Å². The smallest absolute Gasteiger partial charge is 0.240 e. The van der Waals surface area contributed by atoms with Crippen LogP contribution in [0.3, 0.4) is 0 Å². The van der Waals surface area contributed by atoms with Crippen LogP contribution in [0.4, 0.5) is 0 Å². The molecule has 2 rings (SSSR count). The third-order valence-corrected chi connectivity index (χ3v) is 4.79. The first kappa shape index (κ1) is 14.2. The van der Waals surface area contributed by atoms with Gasteiger partial charge in [0.25, 0.3) is 0 Å². The largest absolute Gasteiger partial charge is 0.395 e. The molecule has 0 radical (unpaired) electrons. The molecule has 0 saturated heterocycles. The maximum atomic E-state index is 11.8. The van der Waals surface area contributed by atoms with Crippen LogP contribution in [-0.2, 0) is 14.8 Å². The highest BCUT2D eigenvalue weighted by atomic mass is 32.2. The number of hydrogen-bond acceptors (Lipinski definition) is 4. The first-order valence-electron chi connectivity index (χ1n) is 6.25. The van der Waals surface area contributed by atoms with Gasteiger partial charge >= 0.3 is 0 Å². The SMILES string of the molecule is O=C1CC[C@H](c2ccc(S(=O)(=O)NCCO)cc2)C1. The van der Waals surface area contributed by atoms with Gasteiger partial charge in [0, 0.05) is 19.4 Å². The monoisotopic (exact) mass is 283 g/mol. The van der Waals surface area contributed by atoms with Gasteiger partial charge in [0.2, 0.25) is 10.0 Å². The van der Waals surface area contributed by atoms with Gasteiger partial charge in [-0.1, -0.05) is 12.1 Å². The summed E-state index contributed by atoms with van der Waals surface area (Å²) in [4.78, 5) is 11.4. The Morgan fingerprint density at radius 2 is 1.95 bits per heavy atom. The molecule has 0 heterocycles. The Morgan fingerprint density at radius 3 is 2.47 bits per heavy atom. The quantitative estimate of drug-likeness (QED) is 0.837. The van der Waals surface area contributed by atoms with Crippen LogP contribution < -0.4 is 4.72 Å². The first-order chi connectivity index (χ1) is 9.03. The Labute approximate surface area is 112 Å². The van der Waals surface area contributed by atoms with Gasteiger partial charge in [-0.15, -0.1) is 0 Å². The maximum absolute atomic E-state index is 11.8. The molecule has 5 nitrogen and oxygen atoms in total. The molecule has 6 heteroatoms. The Morgan fingerprint density at radius 1 is 1.26 bits per heavy atom. The fraction of sp³-hybridized carbons (Fsp3) is 0.462. The lowest BCUT2D eigenvalue weighted by atomic mass is 9.98. The summed E-state index contributed by atoms with van der Waals surface area (Å²) in [7, 11) is -3.55. The van der Waals surface area contributed by atoms with E-state index in [1.807, 2.05) is 0 Å². The average molecular weight is 283 g/mol. The normalized spacial score (nSPS) is 19.8. The molecule has 1 aliphatic rings. The molecule has 0 bridgehead atoms. The molecule has 1 atom stereocenters. The summed E-state index contributed by atoms with van der Waals surface area (Å²) >= 11 is 0. The molecular weight excluding hydrogens is 266 g/mol. The van der Waals surface area contributed by atoms with E-state index < -0.39 is 10.0 Å². The highest BCUT2D eigenvalue weighted by Gasteiger charge is 2.23. The van der Waals surface area contributed by atoms with Crippen LogP contribution in [0.1, 0.15) is 30.7 Å². The minimum Gasteiger partial charge on any atom is -0.395 e. The molecule has 0 aliphatic heterocycles. The number of carbonyl (C=O) groups is 1. The third kappa shape index (κ3) is 3.40. The second-order valence-electron chi connectivity index (χ2n) is 4.67.